The Hall–Kier alpha value is -2.09. The van der Waals surface area contributed by atoms with Crippen LogP contribution < -0.4 is 19.2 Å². The number of aryl methyl sites for hydroxylation is 1. The van der Waals surface area contributed by atoms with E-state index in [0.29, 0.717) is 18.8 Å². The number of rotatable bonds is 7. The van der Waals surface area contributed by atoms with Gasteiger partial charge in [-0.15, -0.1) is 0 Å². The molecule has 1 amide bonds. The number of hydrogen-bond donors (Lipinski definition) is 2. The van der Waals surface area contributed by atoms with Crippen LogP contribution in [-0.4, -0.2) is 61.7 Å². The monoisotopic (exact) mass is 469 g/mol. The number of carbonyl (C=O) groups is 1. The fraction of sp³-hybridized carbons (Fsp3) is 0.368. The first kappa shape index (κ1) is 19.7. The third-order valence-electron chi connectivity index (χ3n) is 4.63. The summed E-state index contributed by atoms with van der Waals surface area (Å²) >= 11 is -1.22. The van der Waals surface area contributed by atoms with E-state index in [4.69, 9.17) is 0 Å². The third kappa shape index (κ3) is 4.80. The van der Waals surface area contributed by atoms with Crippen LogP contribution in [0.25, 0.3) is 0 Å². The minimum atomic E-state index is -1.22. The van der Waals surface area contributed by atoms with E-state index in [1.807, 2.05) is 25.1 Å². The van der Waals surface area contributed by atoms with Crippen LogP contribution in [0.5, 0.6) is 0 Å². The summed E-state index contributed by atoms with van der Waals surface area (Å²) in [6.07, 6.45) is 3.82. The first-order chi connectivity index (χ1) is 13.1. The summed E-state index contributed by atoms with van der Waals surface area (Å²) in [7, 11) is 1.64. The average molecular weight is 469 g/mol. The van der Waals surface area contributed by atoms with E-state index in [1.54, 1.807) is 17.9 Å². The van der Waals surface area contributed by atoms with Crippen molar-refractivity contribution in [2.24, 2.45) is 0 Å². The molecule has 2 N–H and O–H groups in total. The molecule has 27 heavy (non-hydrogen) atoms. The zero-order valence-electron chi connectivity index (χ0n) is 15.7. The molecule has 1 atom stereocenters. The van der Waals surface area contributed by atoms with Gasteiger partial charge in [0.05, 0.1) is 0 Å². The van der Waals surface area contributed by atoms with E-state index < -0.39 is 22.7 Å². The number of carbonyl (C=O) groups excluding carboxylic acids is 1. The van der Waals surface area contributed by atoms with Crippen LogP contribution in [0, 0.1) is 6.92 Å². The number of hydrogen-bond acceptors (Lipinski definition) is 5. The molecule has 0 fully saturated rings. The zero-order chi connectivity index (χ0) is 19.2. The number of anilines is 1. The van der Waals surface area contributed by atoms with Crippen LogP contribution in [0.15, 0.2) is 41.3 Å². The minimum absolute atomic E-state index is 0.00380. The van der Waals surface area contributed by atoms with Gasteiger partial charge in [-0.2, -0.15) is 0 Å². The molecule has 0 aliphatic carbocycles. The second-order valence-electron chi connectivity index (χ2n) is 6.56. The summed E-state index contributed by atoms with van der Waals surface area (Å²) in [5.41, 5.74) is 1.89. The molecule has 1 unspecified atom stereocenters. The van der Waals surface area contributed by atoms with Gasteiger partial charge in [0.25, 0.3) is 0 Å². The Morgan fingerprint density at radius 2 is 2.11 bits per heavy atom. The first-order valence-electron chi connectivity index (χ1n) is 9.12. The Morgan fingerprint density at radius 3 is 2.85 bits per heavy atom. The van der Waals surface area contributed by atoms with Crippen molar-refractivity contribution < 1.29 is 4.79 Å². The standard InChI is InChI=1S/C19H24N5O2.In/c1-4-16(12-17(25)20-3)23-24-14(2)13-22-18(19(24)26)21-11-10-15-8-6-5-7-9-15;/h1,5-9,13,16H,4,10-12H2,2-3H3,(H,20,25)(H,21,22);/q-1;+1. The number of nitrogens with zero attached hydrogens (tertiary/aromatic N) is 3. The second-order valence-corrected chi connectivity index (χ2v) is 10.3. The van der Waals surface area contributed by atoms with Gasteiger partial charge in [0.1, 0.15) is 0 Å². The van der Waals surface area contributed by atoms with Gasteiger partial charge in [-0.1, -0.05) is 0 Å². The van der Waals surface area contributed by atoms with Crippen LogP contribution in [-0.2, 0) is 11.2 Å². The fourth-order valence-corrected chi connectivity index (χ4v) is 7.59. The molecule has 0 bridgehead atoms. The molecule has 1 aromatic carbocycles. The van der Waals surface area contributed by atoms with Crippen molar-refractivity contribution in [3.8, 4) is 0 Å². The molecule has 140 valence electrons. The number of nitrogens with one attached hydrogen (secondary N) is 2. The molecule has 2 aromatic rings. The van der Waals surface area contributed by atoms with Crippen molar-refractivity contribution in [1.29, 1.82) is 0 Å². The normalized spacial score (nSPS) is 15.5. The van der Waals surface area contributed by atoms with Gasteiger partial charge in [0.15, 0.2) is 0 Å². The van der Waals surface area contributed by atoms with E-state index in [-0.39, 0.29) is 17.5 Å². The van der Waals surface area contributed by atoms with Gasteiger partial charge in [0, 0.05) is 0 Å². The van der Waals surface area contributed by atoms with Crippen LogP contribution in [0.1, 0.15) is 24.1 Å². The number of aromatic nitrogens is 2. The van der Waals surface area contributed by atoms with E-state index in [0.717, 1.165) is 18.5 Å². The SMILES string of the molecule is CNC(=O)CC1C[CH]=[In][N]1n1c(C)cnc(NCCc2ccccc2)c1=O. The summed E-state index contributed by atoms with van der Waals surface area (Å²) in [6, 6.07) is 10.2. The van der Waals surface area contributed by atoms with Crippen molar-refractivity contribution in [3.05, 3.63) is 58.1 Å². The van der Waals surface area contributed by atoms with Crippen LogP contribution in [0.3, 0.4) is 0 Å². The molecule has 0 saturated heterocycles. The maximum absolute atomic E-state index is 13.0. The molecular formula is C19H24InN5O2. The Labute approximate surface area is 170 Å². The summed E-state index contributed by atoms with van der Waals surface area (Å²) in [5, 5.41) is 5.86. The van der Waals surface area contributed by atoms with Gasteiger partial charge < -0.3 is 0 Å². The Bertz CT molecular complexity index is 881. The van der Waals surface area contributed by atoms with Crippen molar-refractivity contribution in [2.75, 3.05) is 21.9 Å². The summed E-state index contributed by atoms with van der Waals surface area (Å²) < 4.78 is 6.17. The number of benzene rings is 1. The van der Waals surface area contributed by atoms with Crippen molar-refractivity contribution in [2.45, 2.75) is 32.2 Å². The Morgan fingerprint density at radius 1 is 1.33 bits per heavy atom. The molecule has 0 saturated carbocycles. The molecule has 7 nitrogen and oxygen atoms in total. The molecule has 3 rings (SSSR count). The van der Waals surface area contributed by atoms with Gasteiger partial charge in [-0.05, 0) is 0 Å². The molecule has 0 spiro atoms. The predicted molar refractivity (Wildman–Crippen MR) is 109 cm³/mol. The first-order valence-corrected chi connectivity index (χ1v) is 12.5. The molecule has 1 aliphatic rings. The van der Waals surface area contributed by atoms with Gasteiger partial charge in [-0.3, -0.25) is 0 Å². The second kappa shape index (κ2) is 9.21. The van der Waals surface area contributed by atoms with E-state index in [1.165, 1.54) is 5.56 Å². The van der Waals surface area contributed by atoms with Gasteiger partial charge >= 0.3 is 170 Å². The van der Waals surface area contributed by atoms with Gasteiger partial charge in [-0.25, -0.2) is 0 Å². The molecule has 2 heterocycles. The number of amides is 1. The maximum atomic E-state index is 13.0. The van der Waals surface area contributed by atoms with Crippen LogP contribution >= 0.6 is 0 Å². The van der Waals surface area contributed by atoms with Crippen molar-refractivity contribution >= 4 is 38.2 Å². The average Bonchev–Trinajstić information content (AvgIpc) is 3.12. The van der Waals surface area contributed by atoms with Crippen molar-refractivity contribution in [1.82, 2.24) is 15.0 Å². The molecule has 8 heteroatoms. The van der Waals surface area contributed by atoms with Gasteiger partial charge in [0.2, 0.25) is 0 Å². The third-order valence-corrected chi connectivity index (χ3v) is 8.74. The van der Waals surface area contributed by atoms with E-state index in [2.05, 4.69) is 34.5 Å². The topological polar surface area (TPSA) is 79.3 Å². The Balaban J connectivity index is 1.76. The molecule has 1 aromatic heterocycles. The van der Waals surface area contributed by atoms with Crippen LogP contribution in [0.2, 0.25) is 0 Å². The quantitative estimate of drug-likeness (QED) is 0.617. The summed E-state index contributed by atoms with van der Waals surface area (Å²) in [5.74, 6) is 0.369. The molecule has 1 aliphatic heterocycles. The van der Waals surface area contributed by atoms with E-state index >= 15 is 0 Å². The van der Waals surface area contributed by atoms with Crippen molar-refractivity contribution in [3.63, 3.8) is 0 Å². The summed E-state index contributed by atoms with van der Waals surface area (Å²) in [4.78, 5) is 29.2. The predicted octanol–water partition coefficient (Wildman–Crippen LogP) is 0.474. The zero-order valence-corrected chi connectivity index (χ0v) is 19.0. The van der Waals surface area contributed by atoms with Crippen LogP contribution in [0.4, 0.5) is 5.82 Å². The summed E-state index contributed by atoms with van der Waals surface area (Å²) in [6.45, 7) is 2.53. The Kier molecular flexibility index (Phi) is 6.71. The molecular weight excluding hydrogens is 445 g/mol. The molecule has 0 radical (unpaired) electrons. The fourth-order valence-electron chi connectivity index (χ4n) is 3.19. The van der Waals surface area contributed by atoms with E-state index in [9.17, 15) is 9.59 Å².